The van der Waals surface area contributed by atoms with Crippen molar-refractivity contribution in [3.8, 4) is 0 Å². The molecule has 0 heterocycles. The summed E-state index contributed by atoms with van der Waals surface area (Å²) in [5.74, 6) is -0.653. The van der Waals surface area contributed by atoms with E-state index in [1.165, 1.54) is 0 Å². The first-order valence-corrected chi connectivity index (χ1v) is 9.90. The van der Waals surface area contributed by atoms with Crippen molar-refractivity contribution in [2.75, 3.05) is 5.32 Å². The average Bonchev–Trinajstić information content (AvgIpc) is 3.11. The van der Waals surface area contributed by atoms with Crippen LogP contribution in [0.3, 0.4) is 0 Å². The van der Waals surface area contributed by atoms with Crippen LogP contribution in [-0.4, -0.2) is 24.0 Å². The predicted octanol–water partition coefficient (Wildman–Crippen LogP) is 4.23. The third-order valence-corrected chi connectivity index (χ3v) is 5.38. The van der Waals surface area contributed by atoms with Gasteiger partial charge in [-0.25, -0.2) is 0 Å². The van der Waals surface area contributed by atoms with E-state index in [0.717, 1.165) is 30.4 Å². The molecule has 0 unspecified atom stereocenters. The molecule has 0 aliphatic heterocycles. The van der Waals surface area contributed by atoms with Crippen LogP contribution in [0.1, 0.15) is 36.8 Å². The van der Waals surface area contributed by atoms with Gasteiger partial charge in [0.05, 0.1) is 18.8 Å². The van der Waals surface area contributed by atoms with Crippen LogP contribution >= 0.6 is 11.6 Å². The molecule has 1 saturated carbocycles. The Balaban J connectivity index is 1.47. The van der Waals surface area contributed by atoms with Gasteiger partial charge in [-0.3, -0.25) is 9.59 Å². The summed E-state index contributed by atoms with van der Waals surface area (Å²) < 4.78 is 6.00. The van der Waals surface area contributed by atoms with E-state index >= 15 is 0 Å². The van der Waals surface area contributed by atoms with Gasteiger partial charge in [0.1, 0.15) is 6.42 Å². The molecule has 1 aliphatic carbocycles. The molecule has 0 saturated heterocycles. The van der Waals surface area contributed by atoms with Gasteiger partial charge in [0.2, 0.25) is 11.8 Å². The summed E-state index contributed by atoms with van der Waals surface area (Å²) in [5, 5.41) is 6.28. The smallest absolute Gasteiger partial charge is 0.233 e. The lowest BCUT2D eigenvalue weighted by molar-refractivity contribution is -0.128. The molecule has 2 amide bonds. The highest BCUT2D eigenvalue weighted by Gasteiger charge is 2.29. The number of ether oxygens (including phenoxy) is 1. The van der Waals surface area contributed by atoms with E-state index in [4.69, 9.17) is 16.3 Å². The highest BCUT2D eigenvalue weighted by Crippen LogP contribution is 2.24. The Morgan fingerprint density at radius 3 is 2.64 bits per heavy atom. The molecular weight excluding hydrogens is 376 g/mol. The molecule has 1 aliphatic rings. The van der Waals surface area contributed by atoms with Crippen LogP contribution in [0.4, 0.5) is 5.69 Å². The first kappa shape index (κ1) is 20.4. The minimum Gasteiger partial charge on any atom is -0.371 e. The lowest BCUT2D eigenvalue weighted by atomic mass is 10.2. The molecule has 2 atom stereocenters. The summed E-state index contributed by atoms with van der Waals surface area (Å²) >= 11 is 6.06. The number of anilines is 1. The number of amides is 2. The number of hydrogen-bond donors (Lipinski definition) is 2. The fourth-order valence-corrected chi connectivity index (χ4v) is 3.58. The Labute approximate surface area is 170 Å². The van der Waals surface area contributed by atoms with Gasteiger partial charge >= 0.3 is 0 Å². The van der Waals surface area contributed by atoms with E-state index in [9.17, 15) is 9.59 Å². The molecule has 6 heteroatoms. The van der Waals surface area contributed by atoms with E-state index in [0.29, 0.717) is 17.3 Å². The lowest BCUT2D eigenvalue weighted by Gasteiger charge is -2.21. The molecule has 0 spiro atoms. The molecule has 148 valence electrons. The number of halogens is 1. The first-order chi connectivity index (χ1) is 13.5. The molecule has 2 N–H and O–H groups in total. The second-order valence-corrected chi connectivity index (χ2v) is 7.48. The third kappa shape index (κ3) is 5.57. The summed E-state index contributed by atoms with van der Waals surface area (Å²) in [6.07, 6.45) is 2.51. The molecule has 1 fully saturated rings. The topological polar surface area (TPSA) is 67.4 Å². The molecule has 0 aromatic heterocycles. The van der Waals surface area contributed by atoms with Gasteiger partial charge in [0, 0.05) is 10.7 Å². The Kier molecular flexibility index (Phi) is 7.06. The number of hydrogen-bond acceptors (Lipinski definition) is 3. The van der Waals surface area contributed by atoms with Gasteiger partial charge in [-0.05, 0) is 49.4 Å². The Hall–Kier alpha value is -2.37. The van der Waals surface area contributed by atoms with Crippen LogP contribution in [-0.2, 0) is 20.9 Å². The van der Waals surface area contributed by atoms with E-state index in [1.54, 1.807) is 18.2 Å². The molecule has 3 rings (SSSR count). The highest BCUT2D eigenvalue weighted by molar-refractivity contribution is 6.31. The molecule has 0 bridgehead atoms. The van der Waals surface area contributed by atoms with Gasteiger partial charge in [0.15, 0.2) is 0 Å². The number of carbonyl (C=O) groups is 2. The maximum atomic E-state index is 12.3. The summed E-state index contributed by atoms with van der Waals surface area (Å²) in [6, 6.07) is 15.2. The first-order valence-electron chi connectivity index (χ1n) is 9.53. The minimum absolute atomic E-state index is 0.0256. The van der Waals surface area contributed by atoms with Gasteiger partial charge in [-0.15, -0.1) is 0 Å². The fourth-order valence-electron chi connectivity index (χ4n) is 3.41. The maximum absolute atomic E-state index is 12.3. The quantitative estimate of drug-likeness (QED) is 0.683. The molecule has 5 nitrogen and oxygen atoms in total. The zero-order chi connectivity index (χ0) is 19.9. The van der Waals surface area contributed by atoms with Crippen molar-refractivity contribution in [1.82, 2.24) is 5.32 Å². The number of rotatable bonds is 7. The fraction of sp³-hybridized carbons (Fsp3) is 0.364. The van der Waals surface area contributed by atoms with E-state index in [1.807, 2.05) is 37.3 Å². The second kappa shape index (κ2) is 9.71. The standard InChI is InChI=1S/C22H25ClN2O3/c1-15-17(23)9-5-10-18(15)24-21(26)13-22(27)25-19-11-6-12-20(19)28-14-16-7-3-2-4-8-16/h2-5,7-10,19-20H,6,11-14H2,1H3,(H,24,26)(H,25,27)/t19-,20-/m1/s1. The summed E-state index contributed by atoms with van der Waals surface area (Å²) in [7, 11) is 0. The van der Waals surface area contributed by atoms with Crippen LogP contribution in [0.15, 0.2) is 48.5 Å². The van der Waals surface area contributed by atoms with Crippen molar-refractivity contribution in [1.29, 1.82) is 0 Å². The van der Waals surface area contributed by atoms with Crippen LogP contribution in [0.5, 0.6) is 0 Å². The lowest BCUT2D eigenvalue weighted by Crippen LogP contribution is -2.42. The Morgan fingerprint density at radius 1 is 1.07 bits per heavy atom. The molecule has 2 aromatic rings. The van der Waals surface area contributed by atoms with Gasteiger partial charge in [0.25, 0.3) is 0 Å². The zero-order valence-corrected chi connectivity index (χ0v) is 16.7. The number of benzene rings is 2. The molecule has 0 radical (unpaired) electrons. The van der Waals surface area contributed by atoms with E-state index in [2.05, 4.69) is 10.6 Å². The van der Waals surface area contributed by atoms with E-state index < -0.39 is 0 Å². The number of carbonyl (C=O) groups excluding carboxylic acids is 2. The van der Waals surface area contributed by atoms with Crippen LogP contribution in [0.2, 0.25) is 5.02 Å². The van der Waals surface area contributed by atoms with Crippen molar-refractivity contribution >= 4 is 29.1 Å². The molecule has 2 aromatic carbocycles. The largest absolute Gasteiger partial charge is 0.371 e. The van der Waals surface area contributed by atoms with Crippen LogP contribution < -0.4 is 10.6 Å². The average molecular weight is 401 g/mol. The monoisotopic (exact) mass is 400 g/mol. The predicted molar refractivity (Wildman–Crippen MR) is 110 cm³/mol. The van der Waals surface area contributed by atoms with Gasteiger partial charge in [-0.1, -0.05) is 48.0 Å². The van der Waals surface area contributed by atoms with Crippen molar-refractivity contribution < 1.29 is 14.3 Å². The zero-order valence-electron chi connectivity index (χ0n) is 15.9. The van der Waals surface area contributed by atoms with Crippen molar-refractivity contribution in [3.05, 3.63) is 64.7 Å². The maximum Gasteiger partial charge on any atom is 0.233 e. The van der Waals surface area contributed by atoms with Gasteiger partial charge in [-0.2, -0.15) is 0 Å². The summed E-state index contributed by atoms with van der Waals surface area (Å²) in [5.41, 5.74) is 2.51. The van der Waals surface area contributed by atoms with Crippen molar-refractivity contribution in [3.63, 3.8) is 0 Å². The molecule has 28 heavy (non-hydrogen) atoms. The van der Waals surface area contributed by atoms with Crippen molar-refractivity contribution in [2.45, 2.75) is 51.4 Å². The normalized spacial score (nSPS) is 18.6. The third-order valence-electron chi connectivity index (χ3n) is 4.97. The van der Waals surface area contributed by atoms with Crippen molar-refractivity contribution in [2.24, 2.45) is 0 Å². The summed E-state index contributed by atoms with van der Waals surface area (Å²) in [4.78, 5) is 24.5. The van der Waals surface area contributed by atoms with Crippen LogP contribution in [0.25, 0.3) is 0 Å². The Morgan fingerprint density at radius 2 is 1.86 bits per heavy atom. The molecular formula is C22H25ClN2O3. The van der Waals surface area contributed by atoms with Gasteiger partial charge < -0.3 is 15.4 Å². The van der Waals surface area contributed by atoms with Crippen LogP contribution in [0, 0.1) is 6.92 Å². The summed E-state index contributed by atoms with van der Waals surface area (Å²) in [6.45, 7) is 2.34. The second-order valence-electron chi connectivity index (χ2n) is 7.08. The highest BCUT2D eigenvalue weighted by atomic mass is 35.5. The minimum atomic E-state index is -0.359. The number of nitrogens with one attached hydrogen (secondary N) is 2. The van der Waals surface area contributed by atoms with E-state index in [-0.39, 0.29) is 30.4 Å². The Bertz CT molecular complexity index is 826. The SMILES string of the molecule is Cc1c(Cl)cccc1NC(=O)CC(=O)N[C@@H]1CCC[C@H]1OCc1ccccc1.